The third kappa shape index (κ3) is 3.74. The van der Waals surface area contributed by atoms with E-state index in [-0.39, 0.29) is 5.60 Å². The minimum atomic E-state index is 0.0122. The van der Waals surface area contributed by atoms with Crippen LogP contribution >= 0.6 is 23.0 Å². The van der Waals surface area contributed by atoms with Gasteiger partial charge in [0, 0.05) is 12.5 Å². The Bertz CT molecular complexity index is 410. The third-order valence-electron chi connectivity index (χ3n) is 4.52. The molecular weight excluding hydrogens is 361 g/mol. The molecule has 20 heavy (non-hydrogen) atoms. The molecule has 0 N–H and O–H groups in total. The average Bonchev–Trinajstić information content (AvgIpc) is 2.46. The summed E-state index contributed by atoms with van der Waals surface area (Å²) >= 11 is 2.14. The van der Waals surface area contributed by atoms with Crippen LogP contribution in [0.3, 0.4) is 0 Å². The lowest BCUT2D eigenvalue weighted by molar-refractivity contribution is 0.0358. The largest absolute Gasteiger partial charge is 0.309 e. The van der Waals surface area contributed by atoms with E-state index in [1.807, 2.05) is 0 Å². The second-order valence-electron chi connectivity index (χ2n) is 6.43. The number of hydrogen-bond acceptors (Lipinski definition) is 2. The van der Waals surface area contributed by atoms with Gasteiger partial charge >= 0.3 is 0 Å². The van der Waals surface area contributed by atoms with Crippen molar-refractivity contribution < 1.29 is 3.07 Å². The van der Waals surface area contributed by atoms with Crippen molar-refractivity contribution in [1.82, 2.24) is 4.90 Å². The number of likely N-dealkylation sites (N-methyl/N-ethyl adjacent to an activating group) is 1. The lowest BCUT2D eigenvalue weighted by Gasteiger charge is -2.42. The maximum absolute atomic E-state index is 6.07. The summed E-state index contributed by atoms with van der Waals surface area (Å²) in [5, 5.41) is 0. The van der Waals surface area contributed by atoms with Crippen molar-refractivity contribution in [2.24, 2.45) is 0 Å². The summed E-state index contributed by atoms with van der Waals surface area (Å²) in [7, 11) is 4.32. The Kier molecular flexibility index (Phi) is 5.87. The van der Waals surface area contributed by atoms with Crippen molar-refractivity contribution in [3.05, 3.63) is 35.4 Å². The van der Waals surface area contributed by atoms with Crippen LogP contribution in [0.4, 0.5) is 0 Å². The Labute approximate surface area is 137 Å². The number of benzene rings is 1. The first-order valence-electron chi connectivity index (χ1n) is 7.58. The van der Waals surface area contributed by atoms with Gasteiger partial charge in [0.05, 0.1) is 5.60 Å². The number of rotatable bonds is 5. The lowest BCUT2D eigenvalue weighted by atomic mass is 9.72. The Balaban J connectivity index is 2.32. The van der Waals surface area contributed by atoms with Gasteiger partial charge in [-0.15, -0.1) is 0 Å². The predicted molar refractivity (Wildman–Crippen MR) is 93.4 cm³/mol. The van der Waals surface area contributed by atoms with Crippen molar-refractivity contribution in [2.45, 2.75) is 50.5 Å². The van der Waals surface area contributed by atoms with Crippen LogP contribution in [0, 0.1) is 6.92 Å². The minimum absolute atomic E-state index is 0.0122. The normalized spacial score (nSPS) is 20.1. The van der Waals surface area contributed by atoms with Gasteiger partial charge in [0.25, 0.3) is 0 Å². The number of nitrogens with zero attached hydrogens (tertiary/aromatic N) is 1. The maximum Gasteiger partial charge on any atom is 0.110 e. The van der Waals surface area contributed by atoms with Gasteiger partial charge in [-0.3, -0.25) is 0 Å². The topological polar surface area (TPSA) is 12.5 Å². The van der Waals surface area contributed by atoms with E-state index in [2.05, 4.69) is 73.2 Å². The van der Waals surface area contributed by atoms with Gasteiger partial charge in [0.15, 0.2) is 0 Å². The molecule has 0 amide bonds. The zero-order valence-electron chi connectivity index (χ0n) is 12.9. The average molecular weight is 387 g/mol. The minimum Gasteiger partial charge on any atom is -0.309 e. The van der Waals surface area contributed by atoms with Crippen molar-refractivity contribution in [2.75, 3.05) is 20.6 Å². The van der Waals surface area contributed by atoms with Crippen LogP contribution < -0.4 is 0 Å². The molecule has 1 saturated carbocycles. The van der Waals surface area contributed by atoms with E-state index >= 15 is 0 Å². The number of aryl methyl sites for hydroxylation is 1. The molecule has 2 nitrogen and oxygen atoms in total. The summed E-state index contributed by atoms with van der Waals surface area (Å²) in [5.74, 6) is 0.454. The van der Waals surface area contributed by atoms with Crippen LogP contribution in [0.1, 0.15) is 49.1 Å². The molecule has 1 aliphatic carbocycles. The molecule has 0 aliphatic heterocycles. The Morgan fingerprint density at radius 1 is 1.15 bits per heavy atom. The number of halogens is 1. The molecule has 1 unspecified atom stereocenters. The van der Waals surface area contributed by atoms with Crippen LogP contribution in [-0.2, 0) is 3.07 Å². The molecule has 2 rings (SSSR count). The first-order valence-corrected chi connectivity index (χ1v) is 8.46. The monoisotopic (exact) mass is 387 g/mol. The zero-order chi connectivity index (χ0) is 14.6. The molecular formula is C17H26INO. The summed E-state index contributed by atoms with van der Waals surface area (Å²) in [5.41, 5.74) is 2.76. The molecule has 0 bridgehead atoms. The van der Waals surface area contributed by atoms with Gasteiger partial charge in [0.1, 0.15) is 23.0 Å². The van der Waals surface area contributed by atoms with Crippen molar-refractivity contribution in [1.29, 1.82) is 0 Å². The van der Waals surface area contributed by atoms with Crippen LogP contribution in [0.15, 0.2) is 24.3 Å². The second kappa shape index (κ2) is 7.23. The van der Waals surface area contributed by atoms with Crippen molar-refractivity contribution in [3.63, 3.8) is 0 Å². The molecule has 0 aromatic heterocycles. The van der Waals surface area contributed by atoms with E-state index in [0.29, 0.717) is 5.92 Å². The first kappa shape index (κ1) is 16.2. The van der Waals surface area contributed by atoms with Gasteiger partial charge in [-0.1, -0.05) is 49.1 Å². The molecule has 3 heteroatoms. The van der Waals surface area contributed by atoms with E-state index in [9.17, 15) is 0 Å². The molecule has 0 heterocycles. The summed E-state index contributed by atoms with van der Waals surface area (Å²) in [6.07, 6.45) is 6.30. The van der Waals surface area contributed by atoms with E-state index in [0.717, 1.165) is 6.54 Å². The first-order chi connectivity index (χ1) is 9.57. The van der Waals surface area contributed by atoms with Crippen LogP contribution in [0.5, 0.6) is 0 Å². The molecule has 1 aromatic carbocycles. The van der Waals surface area contributed by atoms with Crippen molar-refractivity contribution >= 4 is 23.0 Å². The predicted octanol–water partition coefficient (Wildman–Crippen LogP) is 4.71. The van der Waals surface area contributed by atoms with Crippen LogP contribution in [0.2, 0.25) is 0 Å². The maximum atomic E-state index is 6.07. The smallest absolute Gasteiger partial charge is 0.110 e. The summed E-state index contributed by atoms with van der Waals surface area (Å²) < 4.78 is 6.07. The molecule has 0 radical (unpaired) electrons. The standard InChI is InChI=1S/C17H26INO/c1-14-7-9-15(10-8-14)16(13-19(2)3)17(20-18)11-5-4-6-12-17/h7-10,16H,4-6,11-13H2,1-3H3. The fraction of sp³-hybridized carbons (Fsp3) is 0.647. The van der Waals surface area contributed by atoms with E-state index in [4.69, 9.17) is 3.07 Å². The fourth-order valence-electron chi connectivity index (χ4n) is 3.37. The highest BCUT2D eigenvalue weighted by Gasteiger charge is 2.41. The molecule has 112 valence electrons. The van der Waals surface area contributed by atoms with Crippen LogP contribution in [-0.4, -0.2) is 31.1 Å². The quantitative estimate of drug-likeness (QED) is 0.679. The fourth-order valence-corrected chi connectivity index (χ4v) is 4.12. The SMILES string of the molecule is Cc1ccc(C(CN(C)C)C2(OI)CCCCC2)cc1. The van der Waals surface area contributed by atoms with E-state index in [1.165, 1.54) is 43.2 Å². The molecule has 1 fully saturated rings. The molecule has 1 atom stereocenters. The highest BCUT2D eigenvalue weighted by molar-refractivity contribution is 14.1. The van der Waals surface area contributed by atoms with Gasteiger partial charge in [-0.2, -0.15) is 0 Å². The van der Waals surface area contributed by atoms with Crippen molar-refractivity contribution in [3.8, 4) is 0 Å². The summed E-state index contributed by atoms with van der Waals surface area (Å²) in [6.45, 7) is 3.20. The Hall–Kier alpha value is -0.130. The summed E-state index contributed by atoms with van der Waals surface area (Å²) in [4.78, 5) is 2.29. The molecule has 1 aliphatic rings. The van der Waals surface area contributed by atoms with Gasteiger partial charge < -0.3 is 7.97 Å². The van der Waals surface area contributed by atoms with Gasteiger partial charge in [-0.25, -0.2) is 0 Å². The number of hydrogen-bond donors (Lipinski definition) is 0. The molecule has 0 saturated heterocycles. The second-order valence-corrected chi connectivity index (χ2v) is 6.87. The van der Waals surface area contributed by atoms with Crippen LogP contribution in [0.25, 0.3) is 0 Å². The zero-order valence-corrected chi connectivity index (χ0v) is 15.0. The Morgan fingerprint density at radius 2 is 1.75 bits per heavy atom. The van der Waals surface area contributed by atoms with Gasteiger partial charge in [-0.05, 0) is 39.4 Å². The third-order valence-corrected chi connectivity index (χ3v) is 5.39. The van der Waals surface area contributed by atoms with E-state index < -0.39 is 0 Å². The highest BCUT2D eigenvalue weighted by atomic mass is 127. The van der Waals surface area contributed by atoms with E-state index in [1.54, 1.807) is 0 Å². The van der Waals surface area contributed by atoms with Gasteiger partial charge in [0.2, 0.25) is 0 Å². The molecule has 1 aromatic rings. The highest BCUT2D eigenvalue weighted by Crippen LogP contribution is 2.44. The Morgan fingerprint density at radius 3 is 2.25 bits per heavy atom. The molecule has 0 spiro atoms. The summed E-state index contributed by atoms with van der Waals surface area (Å²) in [6, 6.07) is 9.02. The lowest BCUT2D eigenvalue weighted by Crippen LogP contribution is -2.43.